The third kappa shape index (κ3) is 5.18. The summed E-state index contributed by atoms with van der Waals surface area (Å²) < 4.78 is 5.06. The van der Waals surface area contributed by atoms with Crippen LogP contribution in [0.2, 0.25) is 0 Å². The molecule has 2 aliphatic heterocycles. The van der Waals surface area contributed by atoms with Gasteiger partial charge in [-0.1, -0.05) is 24.2 Å². The van der Waals surface area contributed by atoms with Crippen LogP contribution in [0.3, 0.4) is 0 Å². The molecule has 8 nitrogen and oxygen atoms in total. The summed E-state index contributed by atoms with van der Waals surface area (Å²) in [5.74, 6) is 0.888. The Bertz CT molecular complexity index is 894. The Labute approximate surface area is 183 Å². The van der Waals surface area contributed by atoms with Crippen LogP contribution < -0.4 is 10.2 Å². The number of nitrogens with zero attached hydrogens (tertiary/aromatic N) is 4. The van der Waals surface area contributed by atoms with Crippen molar-refractivity contribution in [3.05, 3.63) is 47.3 Å². The van der Waals surface area contributed by atoms with E-state index in [1.807, 2.05) is 0 Å². The molecule has 1 aromatic carbocycles. The van der Waals surface area contributed by atoms with E-state index in [0.717, 1.165) is 24.6 Å². The molecule has 2 aromatic rings. The molecule has 166 valence electrons. The van der Waals surface area contributed by atoms with Gasteiger partial charge in [0.1, 0.15) is 0 Å². The average molecular weight is 426 g/mol. The average Bonchev–Trinajstić information content (AvgIpc) is 3.24. The summed E-state index contributed by atoms with van der Waals surface area (Å²) in [4.78, 5) is 30.8. The maximum absolute atomic E-state index is 12.5. The lowest BCUT2D eigenvalue weighted by molar-refractivity contribution is 0.0624. The predicted octanol–water partition coefficient (Wildman–Crippen LogP) is 2.89. The molecule has 0 saturated carbocycles. The first-order valence-electron chi connectivity index (χ1n) is 11.1. The summed E-state index contributed by atoms with van der Waals surface area (Å²) in [6.07, 6.45) is 2.49. The molecule has 0 atom stereocenters. The van der Waals surface area contributed by atoms with E-state index in [1.54, 1.807) is 22.8 Å². The van der Waals surface area contributed by atoms with Crippen molar-refractivity contribution < 1.29 is 14.1 Å². The van der Waals surface area contributed by atoms with Crippen molar-refractivity contribution in [2.45, 2.75) is 33.2 Å². The minimum absolute atomic E-state index is 0.100. The summed E-state index contributed by atoms with van der Waals surface area (Å²) in [6, 6.07) is 10.0. The van der Waals surface area contributed by atoms with Crippen molar-refractivity contribution in [1.82, 2.24) is 20.3 Å². The first-order chi connectivity index (χ1) is 15.0. The zero-order valence-electron chi connectivity index (χ0n) is 18.3. The number of carbonyl (C=O) groups is 2. The van der Waals surface area contributed by atoms with Crippen molar-refractivity contribution in [2.75, 3.05) is 44.2 Å². The van der Waals surface area contributed by atoms with Gasteiger partial charge in [0, 0.05) is 57.6 Å². The lowest BCUT2D eigenvalue weighted by atomic mass is 9.99. The molecule has 4 rings (SSSR count). The number of anilines is 1. The van der Waals surface area contributed by atoms with Gasteiger partial charge in [-0.05, 0) is 43.4 Å². The zero-order chi connectivity index (χ0) is 21.8. The Morgan fingerprint density at radius 1 is 1.03 bits per heavy atom. The molecule has 1 aromatic heterocycles. The van der Waals surface area contributed by atoms with Gasteiger partial charge < -0.3 is 24.5 Å². The summed E-state index contributed by atoms with van der Waals surface area (Å²) in [7, 11) is 0. The lowest BCUT2D eigenvalue weighted by Gasteiger charge is -2.34. The number of urea groups is 1. The Balaban J connectivity index is 1.22. The Kier molecular flexibility index (Phi) is 6.44. The number of hydrogen-bond acceptors (Lipinski definition) is 5. The first kappa shape index (κ1) is 21.2. The second-order valence-corrected chi connectivity index (χ2v) is 8.61. The van der Waals surface area contributed by atoms with Gasteiger partial charge >= 0.3 is 6.03 Å². The van der Waals surface area contributed by atoms with Gasteiger partial charge in [0.2, 0.25) is 5.76 Å². The number of piperidine rings is 1. The van der Waals surface area contributed by atoms with Crippen molar-refractivity contribution in [2.24, 2.45) is 5.92 Å². The van der Waals surface area contributed by atoms with Gasteiger partial charge in [-0.25, -0.2) is 4.79 Å². The predicted molar refractivity (Wildman–Crippen MR) is 118 cm³/mol. The highest BCUT2D eigenvalue weighted by Gasteiger charge is 2.26. The highest BCUT2D eigenvalue weighted by Crippen LogP contribution is 2.23. The summed E-state index contributed by atoms with van der Waals surface area (Å²) in [6.45, 7) is 8.77. The van der Waals surface area contributed by atoms with E-state index in [-0.39, 0.29) is 17.7 Å². The monoisotopic (exact) mass is 425 g/mol. The van der Waals surface area contributed by atoms with Crippen LogP contribution in [0.25, 0.3) is 0 Å². The molecular weight excluding hydrogens is 394 g/mol. The Morgan fingerprint density at radius 3 is 2.29 bits per heavy atom. The van der Waals surface area contributed by atoms with Crippen LogP contribution in [-0.2, 0) is 6.54 Å². The third-order valence-electron chi connectivity index (χ3n) is 6.22. The molecule has 0 unspecified atom stereocenters. The minimum atomic E-state index is -0.177. The molecule has 0 bridgehead atoms. The minimum Gasteiger partial charge on any atom is -0.372 e. The summed E-state index contributed by atoms with van der Waals surface area (Å²) >= 11 is 0. The second kappa shape index (κ2) is 9.41. The van der Waals surface area contributed by atoms with E-state index in [0.29, 0.717) is 38.4 Å². The maximum Gasteiger partial charge on any atom is 0.317 e. The van der Waals surface area contributed by atoms with E-state index in [2.05, 4.69) is 46.6 Å². The first-order valence-corrected chi connectivity index (χ1v) is 11.1. The van der Waals surface area contributed by atoms with Gasteiger partial charge in [-0.3, -0.25) is 4.79 Å². The van der Waals surface area contributed by atoms with Crippen LogP contribution in [0, 0.1) is 12.8 Å². The van der Waals surface area contributed by atoms with Crippen molar-refractivity contribution >= 4 is 17.6 Å². The largest absolute Gasteiger partial charge is 0.372 e. The third-order valence-corrected chi connectivity index (χ3v) is 6.22. The number of rotatable bonds is 4. The van der Waals surface area contributed by atoms with Crippen LogP contribution in [0.15, 0.2) is 34.9 Å². The fourth-order valence-electron chi connectivity index (χ4n) is 4.11. The van der Waals surface area contributed by atoms with Crippen LogP contribution in [0.5, 0.6) is 0 Å². The Hall–Kier alpha value is -3.03. The molecule has 0 aliphatic carbocycles. The number of benzene rings is 1. The Morgan fingerprint density at radius 2 is 1.68 bits per heavy atom. The van der Waals surface area contributed by atoms with Gasteiger partial charge in [-0.15, -0.1) is 0 Å². The molecule has 8 heteroatoms. The second-order valence-electron chi connectivity index (χ2n) is 8.61. The fourth-order valence-corrected chi connectivity index (χ4v) is 4.11. The molecule has 0 spiro atoms. The van der Waals surface area contributed by atoms with Gasteiger partial charge in [0.15, 0.2) is 0 Å². The fraction of sp³-hybridized carbons (Fsp3) is 0.522. The van der Waals surface area contributed by atoms with Crippen molar-refractivity contribution in [3.63, 3.8) is 0 Å². The zero-order valence-corrected chi connectivity index (χ0v) is 18.3. The highest BCUT2D eigenvalue weighted by molar-refractivity contribution is 5.91. The van der Waals surface area contributed by atoms with E-state index >= 15 is 0 Å². The van der Waals surface area contributed by atoms with Gasteiger partial charge in [0.05, 0.1) is 5.69 Å². The summed E-state index contributed by atoms with van der Waals surface area (Å²) in [5.41, 5.74) is 3.02. The number of aryl methyl sites for hydroxylation is 1. The molecule has 2 saturated heterocycles. The molecule has 1 N–H and O–H groups in total. The number of aromatic nitrogens is 1. The van der Waals surface area contributed by atoms with Gasteiger partial charge in [-0.2, -0.15) is 0 Å². The normalized spacial score (nSPS) is 17.7. The molecule has 0 radical (unpaired) electrons. The molecular formula is C23H31N5O3. The molecule has 2 fully saturated rings. The van der Waals surface area contributed by atoms with Crippen LogP contribution in [0.1, 0.15) is 41.6 Å². The molecule has 31 heavy (non-hydrogen) atoms. The number of hydrogen-bond donors (Lipinski definition) is 1. The SMILES string of the molecule is Cc1cc(C(=O)N2CCN(C(=O)NCc3ccc(N4CCC(C)CC4)cc3)CC2)on1. The van der Waals surface area contributed by atoms with Crippen molar-refractivity contribution in [1.29, 1.82) is 0 Å². The van der Waals surface area contributed by atoms with E-state index in [1.165, 1.54) is 18.5 Å². The molecule has 3 amide bonds. The quantitative estimate of drug-likeness (QED) is 0.815. The number of nitrogens with one attached hydrogen (secondary N) is 1. The van der Waals surface area contributed by atoms with Gasteiger partial charge in [0.25, 0.3) is 5.91 Å². The molecule has 2 aliphatic rings. The standard InChI is InChI=1S/C23H31N5O3/c1-17-7-9-26(10-8-17)20-5-3-19(4-6-20)16-24-23(30)28-13-11-27(12-14-28)22(29)21-15-18(2)25-31-21/h3-6,15,17H,7-14,16H2,1-2H3,(H,24,30). The van der Waals surface area contributed by atoms with Crippen LogP contribution in [0.4, 0.5) is 10.5 Å². The van der Waals surface area contributed by atoms with E-state index < -0.39 is 0 Å². The molecule has 3 heterocycles. The topological polar surface area (TPSA) is 81.9 Å². The van der Waals surface area contributed by atoms with E-state index in [4.69, 9.17) is 4.52 Å². The number of piperazine rings is 1. The smallest absolute Gasteiger partial charge is 0.317 e. The number of carbonyl (C=O) groups excluding carboxylic acids is 2. The lowest BCUT2D eigenvalue weighted by Crippen LogP contribution is -2.53. The van der Waals surface area contributed by atoms with Crippen molar-refractivity contribution in [3.8, 4) is 0 Å². The summed E-state index contributed by atoms with van der Waals surface area (Å²) in [5, 5.41) is 6.76. The van der Waals surface area contributed by atoms with Crippen LogP contribution in [-0.4, -0.2) is 66.2 Å². The highest BCUT2D eigenvalue weighted by atomic mass is 16.5. The number of amides is 3. The van der Waals surface area contributed by atoms with Crippen LogP contribution >= 0.6 is 0 Å². The van der Waals surface area contributed by atoms with E-state index in [9.17, 15) is 9.59 Å². The maximum atomic E-state index is 12.5.